The number of sulfone groups is 1. The van der Waals surface area contributed by atoms with Crippen LogP contribution < -0.4 is 11.1 Å². The Morgan fingerprint density at radius 3 is 2.50 bits per heavy atom. The molecule has 1 aromatic carbocycles. The standard InChI is InChI=1S/C12H17N3O4S/c1-12(2,11(13)15-17)14-10(16)8-5-4-6-9(7-8)20(3,18)19/h4-7,17H,1-3H3,(H2,13,15)(H,14,16). The van der Waals surface area contributed by atoms with Crippen molar-refractivity contribution >= 4 is 21.6 Å². The average molecular weight is 299 g/mol. The number of oxime groups is 1. The minimum Gasteiger partial charge on any atom is -0.409 e. The number of amidine groups is 1. The van der Waals surface area contributed by atoms with Crippen molar-refractivity contribution in [3.8, 4) is 0 Å². The number of nitrogens with zero attached hydrogens (tertiary/aromatic N) is 1. The maximum atomic E-state index is 12.1. The number of nitrogens with two attached hydrogens (primary N) is 1. The third-order valence-electron chi connectivity index (χ3n) is 2.70. The number of rotatable bonds is 4. The lowest BCUT2D eigenvalue weighted by Gasteiger charge is -2.24. The van der Waals surface area contributed by atoms with Gasteiger partial charge >= 0.3 is 0 Å². The fourth-order valence-corrected chi connectivity index (χ4v) is 2.08. The monoisotopic (exact) mass is 299 g/mol. The van der Waals surface area contributed by atoms with Crippen molar-refractivity contribution in [1.29, 1.82) is 0 Å². The first-order valence-electron chi connectivity index (χ1n) is 5.68. The largest absolute Gasteiger partial charge is 0.409 e. The van der Waals surface area contributed by atoms with E-state index in [2.05, 4.69) is 10.5 Å². The lowest BCUT2D eigenvalue weighted by atomic mass is 10.0. The molecular formula is C12H17N3O4S. The van der Waals surface area contributed by atoms with Crippen LogP contribution in [0.25, 0.3) is 0 Å². The molecule has 0 saturated heterocycles. The highest BCUT2D eigenvalue weighted by atomic mass is 32.2. The molecule has 0 aromatic heterocycles. The number of amides is 1. The van der Waals surface area contributed by atoms with E-state index in [1.807, 2.05) is 0 Å². The molecule has 1 amide bonds. The molecule has 7 nitrogen and oxygen atoms in total. The van der Waals surface area contributed by atoms with E-state index in [9.17, 15) is 13.2 Å². The number of carbonyl (C=O) groups is 1. The fourth-order valence-electron chi connectivity index (χ4n) is 1.41. The minimum absolute atomic E-state index is 0.0479. The molecule has 0 aliphatic heterocycles. The molecule has 0 unspecified atom stereocenters. The second-order valence-electron chi connectivity index (χ2n) is 4.86. The van der Waals surface area contributed by atoms with Crippen LogP contribution in [0.2, 0.25) is 0 Å². The number of nitrogens with one attached hydrogen (secondary N) is 1. The highest BCUT2D eigenvalue weighted by Crippen LogP contribution is 2.12. The molecule has 0 atom stereocenters. The molecule has 0 spiro atoms. The summed E-state index contributed by atoms with van der Waals surface area (Å²) >= 11 is 0. The number of carbonyl (C=O) groups excluding carboxylic acids is 1. The summed E-state index contributed by atoms with van der Waals surface area (Å²) in [5.41, 5.74) is 4.58. The van der Waals surface area contributed by atoms with Crippen LogP contribution >= 0.6 is 0 Å². The molecule has 20 heavy (non-hydrogen) atoms. The molecule has 0 aliphatic rings. The molecule has 0 fully saturated rings. The van der Waals surface area contributed by atoms with Crippen LogP contribution in [0.5, 0.6) is 0 Å². The molecule has 0 saturated carbocycles. The van der Waals surface area contributed by atoms with E-state index < -0.39 is 21.3 Å². The van der Waals surface area contributed by atoms with Crippen LogP contribution in [0.3, 0.4) is 0 Å². The zero-order valence-corrected chi connectivity index (χ0v) is 12.2. The summed E-state index contributed by atoms with van der Waals surface area (Å²) in [7, 11) is -3.39. The van der Waals surface area contributed by atoms with E-state index in [1.54, 1.807) is 13.8 Å². The summed E-state index contributed by atoms with van der Waals surface area (Å²) in [6.45, 7) is 3.11. The van der Waals surface area contributed by atoms with Gasteiger partial charge in [0.05, 0.1) is 10.4 Å². The Hall–Kier alpha value is -2.09. The Labute approximate surface area is 117 Å². The maximum Gasteiger partial charge on any atom is 0.252 e. The van der Waals surface area contributed by atoms with E-state index in [1.165, 1.54) is 24.3 Å². The number of benzene rings is 1. The molecule has 0 bridgehead atoms. The summed E-state index contributed by atoms with van der Waals surface area (Å²) < 4.78 is 22.9. The molecule has 4 N–H and O–H groups in total. The average Bonchev–Trinajstić information content (AvgIpc) is 2.36. The van der Waals surface area contributed by atoms with Crippen molar-refractivity contribution in [2.75, 3.05) is 6.26 Å². The predicted molar refractivity (Wildman–Crippen MR) is 74.5 cm³/mol. The molecule has 0 heterocycles. The van der Waals surface area contributed by atoms with E-state index in [0.29, 0.717) is 0 Å². The third kappa shape index (κ3) is 3.70. The van der Waals surface area contributed by atoms with Gasteiger partial charge in [0.25, 0.3) is 5.91 Å². The Bertz CT molecular complexity index is 650. The molecular weight excluding hydrogens is 282 g/mol. The second kappa shape index (κ2) is 5.49. The number of hydrogen-bond donors (Lipinski definition) is 3. The first-order chi connectivity index (χ1) is 9.08. The van der Waals surface area contributed by atoms with Gasteiger partial charge in [0.1, 0.15) is 0 Å². The van der Waals surface area contributed by atoms with Crippen LogP contribution in [0.15, 0.2) is 34.3 Å². The summed E-state index contributed by atoms with van der Waals surface area (Å²) in [5.74, 6) is -0.683. The lowest BCUT2D eigenvalue weighted by molar-refractivity contribution is 0.0930. The van der Waals surface area contributed by atoms with Crippen molar-refractivity contribution in [2.24, 2.45) is 10.9 Å². The van der Waals surface area contributed by atoms with Gasteiger partial charge in [0, 0.05) is 11.8 Å². The number of hydrogen-bond acceptors (Lipinski definition) is 5. The van der Waals surface area contributed by atoms with Crippen LogP contribution in [-0.2, 0) is 9.84 Å². The van der Waals surface area contributed by atoms with Crippen molar-refractivity contribution < 1.29 is 18.4 Å². The Kier molecular flexibility index (Phi) is 4.39. The molecule has 0 aliphatic carbocycles. The van der Waals surface area contributed by atoms with Crippen molar-refractivity contribution in [1.82, 2.24) is 5.32 Å². The van der Waals surface area contributed by atoms with Gasteiger partial charge in [-0.2, -0.15) is 0 Å². The van der Waals surface area contributed by atoms with Crippen molar-refractivity contribution in [2.45, 2.75) is 24.3 Å². The molecule has 0 radical (unpaired) electrons. The van der Waals surface area contributed by atoms with E-state index in [-0.39, 0.29) is 16.3 Å². The molecule has 1 rings (SSSR count). The SMILES string of the molecule is CC(C)(NC(=O)c1cccc(S(C)(=O)=O)c1)/C(N)=N/O. The smallest absolute Gasteiger partial charge is 0.252 e. The third-order valence-corrected chi connectivity index (χ3v) is 3.81. The predicted octanol–water partition coefficient (Wildman–Crippen LogP) is 0.345. The zero-order valence-electron chi connectivity index (χ0n) is 11.4. The maximum absolute atomic E-state index is 12.1. The van der Waals surface area contributed by atoms with Gasteiger partial charge in [-0.25, -0.2) is 8.42 Å². The second-order valence-corrected chi connectivity index (χ2v) is 6.88. The van der Waals surface area contributed by atoms with Gasteiger partial charge in [-0.3, -0.25) is 4.79 Å². The quantitative estimate of drug-likeness (QED) is 0.320. The van der Waals surface area contributed by atoms with Crippen molar-refractivity contribution in [3.05, 3.63) is 29.8 Å². The van der Waals surface area contributed by atoms with Gasteiger partial charge in [-0.05, 0) is 32.0 Å². The van der Waals surface area contributed by atoms with Gasteiger partial charge in [-0.1, -0.05) is 11.2 Å². The van der Waals surface area contributed by atoms with Gasteiger partial charge in [-0.15, -0.1) is 0 Å². The fraction of sp³-hybridized carbons (Fsp3) is 0.333. The lowest BCUT2D eigenvalue weighted by Crippen LogP contribution is -2.53. The van der Waals surface area contributed by atoms with Crippen molar-refractivity contribution in [3.63, 3.8) is 0 Å². The molecule has 1 aromatic rings. The van der Waals surface area contributed by atoms with Crippen LogP contribution in [0.1, 0.15) is 24.2 Å². The Morgan fingerprint density at radius 2 is 2.00 bits per heavy atom. The summed E-state index contributed by atoms with van der Waals surface area (Å²) in [4.78, 5) is 12.1. The van der Waals surface area contributed by atoms with Gasteiger partial charge in [0.15, 0.2) is 15.7 Å². The molecule has 8 heteroatoms. The van der Waals surface area contributed by atoms with E-state index in [4.69, 9.17) is 10.9 Å². The van der Waals surface area contributed by atoms with Crippen LogP contribution in [-0.4, -0.2) is 37.2 Å². The Balaban J connectivity index is 3.06. The molecule has 110 valence electrons. The van der Waals surface area contributed by atoms with Crippen LogP contribution in [0, 0.1) is 0 Å². The van der Waals surface area contributed by atoms with Crippen LogP contribution in [0.4, 0.5) is 0 Å². The van der Waals surface area contributed by atoms with E-state index >= 15 is 0 Å². The highest BCUT2D eigenvalue weighted by Gasteiger charge is 2.26. The first-order valence-corrected chi connectivity index (χ1v) is 7.57. The van der Waals surface area contributed by atoms with E-state index in [0.717, 1.165) is 6.26 Å². The first kappa shape index (κ1) is 16.0. The van der Waals surface area contributed by atoms with Gasteiger partial charge in [0.2, 0.25) is 0 Å². The highest BCUT2D eigenvalue weighted by molar-refractivity contribution is 7.90. The minimum atomic E-state index is -3.39. The summed E-state index contributed by atoms with van der Waals surface area (Å²) in [5, 5.41) is 14.0. The normalized spacial score (nSPS) is 13.1. The Morgan fingerprint density at radius 1 is 1.40 bits per heavy atom. The van der Waals surface area contributed by atoms with Gasteiger partial charge < -0.3 is 16.3 Å². The zero-order chi connectivity index (χ0) is 15.6. The summed E-state index contributed by atoms with van der Waals surface area (Å²) in [6, 6.07) is 5.63. The summed E-state index contributed by atoms with van der Waals surface area (Å²) in [6.07, 6.45) is 1.06. The topological polar surface area (TPSA) is 122 Å².